The van der Waals surface area contributed by atoms with E-state index in [1.807, 2.05) is 42.2 Å². The number of hydrogen-bond acceptors (Lipinski definition) is 4. The molecule has 188 valence electrons. The lowest BCUT2D eigenvalue weighted by molar-refractivity contribution is -0.134. The van der Waals surface area contributed by atoms with Crippen LogP contribution in [0, 0.1) is 12.8 Å². The van der Waals surface area contributed by atoms with Crippen LogP contribution >= 0.6 is 0 Å². The van der Waals surface area contributed by atoms with Crippen LogP contribution in [0.2, 0.25) is 0 Å². The van der Waals surface area contributed by atoms with Gasteiger partial charge >= 0.3 is 0 Å². The molecule has 0 aliphatic carbocycles. The number of likely N-dealkylation sites (tertiary alicyclic amines) is 1. The van der Waals surface area contributed by atoms with Crippen LogP contribution in [-0.4, -0.2) is 55.6 Å². The third-order valence-electron chi connectivity index (χ3n) is 7.11. The van der Waals surface area contributed by atoms with Crippen LogP contribution in [0.25, 0.3) is 0 Å². The van der Waals surface area contributed by atoms with Gasteiger partial charge in [0.05, 0.1) is 4.90 Å². The molecule has 2 aliphatic rings. The number of carbonyl (C=O) groups excluding carboxylic acids is 2. The smallest absolute Gasteiger partial charge is 0.243 e. The van der Waals surface area contributed by atoms with Crippen LogP contribution in [-0.2, 0) is 26.0 Å². The standard InChI is InChI=1S/C27H35N3O4S/c1-21-10-12-24(35(33,34)30-16-6-3-7-17-30)20-25(21)28-27(32)23-14-18-29(19-15-23)26(31)13-11-22-8-4-2-5-9-22/h2,4-5,8-10,12,20,23H,3,6-7,11,13-19H2,1H3,(H,28,32). The third kappa shape index (κ3) is 6.30. The number of piperidine rings is 2. The summed E-state index contributed by atoms with van der Waals surface area (Å²) < 4.78 is 27.7. The fourth-order valence-corrected chi connectivity index (χ4v) is 6.37. The van der Waals surface area contributed by atoms with Gasteiger partial charge in [-0.15, -0.1) is 0 Å². The molecular formula is C27H35N3O4S. The number of anilines is 1. The van der Waals surface area contributed by atoms with Crippen LogP contribution in [0.1, 0.15) is 49.7 Å². The molecular weight excluding hydrogens is 462 g/mol. The monoisotopic (exact) mass is 497 g/mol. The molecule has 1 N–H and O–H groups in total. The van der Waals surface area contributed by atoms with Gasteiger partial charge in [0.1, 0.15) is 0 Å². The zero-order valence-corrected chi connectivity index (χ0v) is 21.2. The minimum atomic E-state index is -3.57. The number of rotatable bonds is 7. The largest absolute Gasteiger partial charge is 0.343 e. The van der Waals surface area contributed by atoms with Crippen LogP contribution in [0.5, 0.6) is 0 Å². The number of amides is 2. The summed E-state index contributed by atoms with van der Waals surface area (Å²) in [5.74, 6) is -0.189. The predicted molar refractivity (Wildman–Crippen MR) is 136 cm³/mol. The highest BCUT2D eigenvalue weighted by Gasteiger charge is 2.29. The van der Waals surface area contributed by atoms with Crippen molar-refractivity contribution in [2.45, 2.75) is 56.8 Å². The van der Waals surface area contributed by atoms with E-state index in [0.29, 0.717) is 51.1 Å². The Kier molecular flexibility index (Phi) is 8.23. The van der Waals surface area contributed by atoms with Crippen molar-refractivity contribution in [3.8, 4) is 0 Å². The average molecular weight is 498 g/mol. The number of sulfonamides is 1. The summed E-state index contributed by atoms with van der Waals surface area (Å²) in [6, 6.07) is 14.9. The molecule has 2 aromatic carbocycles. The summed E-state index contributed by atoms with van der Waals surface area (Å²) in [5.41, 5.74) is 2.51. The molecule has 4 rings (SSSR count). The summed E-state index contributed by atoms with van der Waals surface area (Å²) >= 11 is 0. The summed E-state index contributed by atoms with van der Waals surface area (Å²) in [5, 5.41) is 2.96. The number of nitrogens with one attached hydrogen (secondary N) is 1. The molecule has 0 saturated carbocycles. The Morgan fingerprint density at radius 1 is 0.943 bits per heavy atom. The first kappa shape index (κ1) is 25.4. The first-order valence-electron chi connectivity index (χ1n) is 12.6. The quantitative estimate of drug-likeness (QED) is 0.627. The van der Waals surface area contributed by atoms with Crippen molar-refractivity contribution in [2.24, 2.45) is 5.92 Å². The number of nitrogens with zero attached hydrogens (tertiary/aromatic N) is 2. The van der Waals surface area contributed by atoms with Gasteiger partial charge in [-0.05, 0) is 62.3 Å². The fraction of sp³-hybridized carbons (Fsp3) is 0.481. The Labute approximate surface area is 208 Å². The van der Waals surface area contributed by atoms with Crippen molar-refractivity contribution < 1.29 is 18.0 Å². The van der Waals surface area contributed by atoms with Crippen molar-refractivity contribution >= 4 is 27.5 Å². The topological polar surface area (TPSA) is 86.8 Å². The molecule has 2 fully saturated rings. The lowest BCUT2D eigenvalue weighted by atomic mass is 9.95. The second-order valence-corrected chi connectivity index (χ2v) is 11.5. The zero-order valence-electron chi connectivity index (χ0n) is 20.4. The van der Waals surface area contributed by atoms with E-state index in [9.17, 15) is 18.0 Å². The summed E-state index contributed by atoms with van der Waals surface area (Å²) in [6.07, 6.45) is 5.21. The highest BCUT2D eigenvalue weighted by molar-refractivity contribution is 7.89. The van der Waals surface area contributed by atoms with Crippen LogP contribution in [0.15, 0.2) is 53.4 Å². The molecule has 0 unspecified atom stereocenters. The Morgan fingerprint density at radius 2 is 1.63 bits per heavy atom. The van der Waals surface area contributed by atoms with E-state index in [-0.39, 0.29) is 22.6 Å². The second kappa shape index (κ2) is 11.4. The van der Waals surface area contributed by atoms with Gasteiger partial charge in [0.15, 0.2) is 0 Å². The first-order valence-corrected chi connectivity index (χ1v) is 14.0. The number of aryl methyl sites for hydroxylation is 2. The molecule has 7 nitrogen and oxygen atoms in total. The van der Waals surface area contributed by atoms with Gasteiger partial charge in [-0.25, -0.2) is 8.42 Å². The number of benzene rings is 2. The van der Waals surface area contributed by atoms with Crippen LogP contribution in [0.4, 0.5) is 5.69 Å². The van der Waals surface area contributed by atoms with Crippen molar-refractivity contribution in [3.05, 3.63) is 59.7 Å². The molecule has 0 spiro atoms. The van der Waals surface area contributed by atoms with Gasteiger partial charge in [-0.3, -0.25) is 9.59 Å². The minimum Gasteiger partial charge on any atom is -0.343 e. The Hall–Kier alpha value is -2.71. The highest BCUT2D eigenvalue weighted by Crippen LogP contribution is 2.27. The highest BCUT2D eigenvalue weighted by atomic mass is 32.2. The van der Waals surface area contributed by atoms with E-state index >= 15 is 0 Å². The van der Waals surface area contributed by atoms with E-state index in [2.05, 4.69) is 5.32 Å². The molecule has 2 saturated heterocycles. The summed E-state index contributed by atoms with van der Waals surface area (Å²) in [7, 11) is -3.57. The van der Waals surface area contributed by atoms with Crippen molar-refractivity contribution in [1.82, 2.24) is 9.21 Å². The fourth-order valence-electron chi connectivity index (χ4n) is 4.83. The van der Waals surface area contributed by atoms with Gasteiger partial charge < -0.3 is 10.2 Å². The Balaban J connectivity index is 1.32. The number of hydrogen-bond donors (Lipinski definition) is 1. The lowest BCUT2D eigenvalue weighted by Crippen LogP contribution is -2.41. The summed E-state index contributed by atoms with van der Waals surface area (Å²) in [4.78, 5) is 27.7. The molecule has 8 heteroatoms. The maximum absolute atomic E-state index is 13.1. The summed E-state index contributed by atoms with van der Waals surface area (Å²) in [6.45, 7) is 4.07. The first-order chi connectivity index (χ1) is 16.8. The number of carbonyl (C=O) groups is 2. The zero-order chi connectivity index (χ0) is 24.8. The molecule has 35 heavy (non-hydrogen) atoms. The van der Waals surface area contributed by atoms with Crippen molar-refractivity contribution in [1.29, 1.82) is 0 Å². The van der Waals surface area contributed by atoms with E-state index in [1.54, 1.807) is 18.2 Å². The van der Waals surface area contributed by atoms with Gasteiger partial charge in [0.25, 0.3) is 0 Å². The van der Waals surface area contributed by atoms with Crippen LogP contribution < -0.4 is 5.32 Å². The molecule has 0 aromatic heterocycles. The molecule has 2 aliphatic heterocycles. The molecule has 2 heterocycles. The Morgan fingerprint density at radius 3 is 2.31 bits per heavy atom. The molecule has 0 radical (unpaired) electrons. The van der Waals surface area contributed by atoms with Gasteiger partial charge in [0.2, 0.25) is 21.8 Å². The Bertz CT molecular complexity index is 1140. The molecule has 2 amide bonds. The van der Waals surface area contributed by atoms with E-state index in [0.717, 1.165) is 36.8 Å². The normalized spacial score (nSPS) is 17.8. The van der Waals surface area contributed by atoms with Crippen molar-refractivity contribution in [2.75, 3.05) is 31.5 Å². The van der Waals surface area contributed by atoms with Gasteiger partial charge in [-0.1, -0.05) is 42.8 Å². The predicted octanol–water partition coefficient (Wildman–Crippen LogP) is 3.98. The van der Waals surface area contributed by atoms with Crippen LogP contribution in [0.3, 0.4) is 0 Å². The minimum absolute atomic E-state index is 0.114. The van der Waals surface area contributed by atoms with Crippen molar-refractivity contribution in [3.63, 3.8) is 0 Å². The van der Waals surface area contributed by atoms with Gasteiger partial charge in [0, 0.05) is 44.2 Å². The molecule has 0 atom stereocenters. The average Bonchev–Trinajstić information content (AvgIpc) is 2.89. The van der Waals surface area contributed by atoms with E-state index < -0.39 is 10.0 Å². The maximum Gasteiger partial charge on any atom is 0.243 e. The maximum atomic E-state index is 13.1. The molecule has 2 aromatic rings. The van der Waals surface area contributed by atoms with E-state index in [4.69, 9.17) is 0 Å². The lowest BCUT2D eigenvalue weighted by Gasteiger charge is -2.31. The molecule has 0 bridgehead atoms. The van der Waals surface area contributed by atoms with Gasteiger partial charge in [-0.2, -0.15) is 4.31 Å². The second-order valence-electron chi connectivity index (χ2n) is 9.57. The van der Waals surface area contributed by atoms with E-state index in [1.165, 1.54) is 4.31 Å². The third-order valence-corrected chi connectivity index (χ3v) is 9.00. The SMILES string of the molecule is Cc1ccc(S(=O)(=O)N2CCCCC2)cc1NC(=O)C1CCN(C(=O)CCc2ccccc2)CC1.